The zero-order valence-corrected chi connectivity index (χ0v) is 7.54. The summed E-state index contributed by atoms with van der Waals surface area (Å²) in [6.07, 6.45) is 2.33. The molecular weight excluding hydrogens is 166 g/mol. The van der Waals surface area contributed by atoms with Crippen LogP contribution in [0.1, 0.15) is 18.4 Å². The van der Waals surface area contributed by atoms with Gasteiger partial charge in [-0.25, -0.2) is 0 Å². The SMILES string of the molecule is Cc1cc(NC2CC2)c(O)cc1O. The lowest BCUT2D eigenvalue weighted by atomic mass is 10.2. The molecule has 2 rings (SSSR count). The van der Waals surface area contributed by atoms with Crippen LogP contribution in [0.4, 0.5) is 5.69 Å². The maximum absolute atomic E-state index is 9.47. The second kappa shape index (κ2) is 2.83. The molecule has 3 nitrogen and oxygen atoms in total. The van der Waals surface area contributed by atoms with Gasteiger partial charge >= 0.3 is 0 Å². The van der Waals surface area contributed by atoms with E-state index in [2.05, 4.69) is 5.32 Å². The molecule has 0 bridgehead atoms. The Morgan fingerprint density at radius 1 is 1.23 bits per heavy atom. The smallest absolute Gasteiger partial charge is 0.142 e. The lowest BCUT2D eigenvalue weighted by Gasteiger charge is -2.09. The third kappa shape index (κ3) is 1.69. The van der Waals surface area contributed by atoms with E-state index < -0.39 is 0 Å². The lowest BCUT2D eigenvalue weighted by molar-refractivity contribution is 0.449. The Bertz CT molecular complexity index is 332. The van der Waals surface area contributed by atoms with Crippen LogP contribution in [0.2, 0.25) is 0 Å². The van der Waals surface area contributed by atoms with Crippen LogP contribution in [0.3, 0.4) is 0 Å². The number of nitrogens with one attached hydrogen (secondary N) is 1. The normalized spacial score (nSPS) is 15.8. The maximum Gasteiger partial charge on any atom is 0.142 e. The van der Waals surface area contributed by atoms with Crippen LogP contribution < -0.4 is 5.32 Å². The van der Waals surface area contributed by atoms with Gasteiger partial charge in [-0.05, 0) is 31.4 Å². The average Bonchev–Trinajstić information content (AvgIpc) is 2.84. The van der Waals surface area contributed by atoms with Gasteiger partial charge in [0.2, 0.25) is 0 Å². The number of anilines is 1. The Kier molecular flexibility index (Phi) is 1.79. The zero-order valence-electron chi connectivity index (χ0n) is 7.54. The molecule has 0 radical (unpaired) electrons. The molecule has 0 heterocycles. The molecule has 0 saturated heterocycles. The lowest BCUT2D eigenvalue weighted by Crippen LogP contribution is -2.01. The van der Waals surface area contributed by atoms with Crippen molar-refractivity contribution < 1.29 is 10.2 Å². The Morgan fingerprint density at radius 3 is 2.54 bits per heavy atom. The number of rotatable bonds is 2. The number of hydrogen-bond donors (Lipinski definition) is 3. The summed E-state index contributed by atoms with van der Waals surface area (Å²) in [7, 11) is 0. The van der Waals surface area contributed by atoms with E-state index in [1.807, 2.05) is 6.92 Å². The van der Waals surface area contributed by atoms with Crippen molar-refractivity contribution in [3.8, 4) is 11.5 Å². The zero-order chi connectivity index (χ0) is 9.42. The molecule has 0 aliphatic heterocycles. The van der Waals surface area contributed by atoms with E-state index in [0.29, 0.717) is 6.04 Å². The predicted octanol–water partition coefficient (Wildman–Crippen LogP) is 1.98. The number of phenols is 2. The molecule has 0 aromatic heterocycles. The Hall–Kier alpha value is -1.38. The molecule has 1 aliphatic carbocycles. The fourth-order valence-electron chi connectivity index (χ4n) is 1.25. The number of benzene rings is 1. The summed E-state index contributed by atoms with van der Waals surface area (Å²) in [6, 6.07) is 3.65. The summed E-state index contributed by atoms with van der Waals surface area (Å²) < 4.78 is 0. The van der Waals surface area contributed by atoms with E-state index >= 15 is 0 Å². The fourth-order valence-corrected chi connectivity index (χ4v) is 1.25. The summed E-state index contributed by atoms with van der Waals surface area (Å²) in [4.78, 5) is 0. The van der Waals surface area contributed by atoms with Gasteiger partial charge in [-0.1, -0.05) is 0 Å². The Morgan fingerprint density at radius 2 is 1.92 bits per heavy atom. The molecule has 1 saturated carbocycles. The highest BCUT2D eigenvalue weighted by Crippen LogP contribution is 2.34. The van der Waals surface area contributed by atoms with Crippen LogP contribution in [-0.4, -0.2) is 16.3 Å². The molecule has 0 spiro atoms. The molecule has 0 unspecified atom stereocenters. The van der Waals surface area contributed by atoms with Gasteiger partial charge in [0.25, 0.3) is 0 Å². The van der Waals surface area contributed by atoms with E-state index in [0.717, 1.165) is 11.3 Å². The molecule has 1 fully saturated rings. The van der Waals surface area contributed by atoms with E-state index in [9.17, 15) is 10.2 Å². The van der Waals surface area contributed by atoms with Crippen molar-refractivity contribution in [3.63, 3.8) is 0 Å². The van der Waals surface area contributed by atoms with E-state index in [1.54, 1.807) is 6.07 Å². The Labute approximate surface area is 77.0 Å². The van der Waals surface area contributed by atoms with E-state index in [-0.39, 0.29) is 11.5 Å². The van der Waals surface area contributed by atoms with Crippen LogP contribution in [0.5, 0.6) is 11.5 Å². The first-order chi connectivity index (χ1) is 6.16. The predicted molar refractivity (Wildman–Crippen MR) is 51.2 cm³/mol. The highest BCUT2D eigenvalue weighted by molar-refractivity contribution is 5.61. The summed E-state index contributed by atoms with van der Waals surface area (Å²) in [5, 5.41) is 21.9. The third-order valence-electron chi connectivity index (χ3n) is 2.25. The largest absolute Gasteiger partial charge is 0.508 e. The fraction of sp³-hybridized carbons (Fsp3) is 0.400. The molecule has 70 valence electrons. The molecule has 1 aliphatic rings. The van der Waals surface area contributed by atoms with Gasteiger partial charge in [0, 0.05) is 12.1 Å². The van der Waals surface area contributed by atoms with E-state index in [4.69, 9.17) is 0 Å². The second-order valence-corrected chi connectivity index (χ2v) is 3.57. The van der Waals surface area contributed by atoms with Gasteiger partial charge in [-0.3, -0.25) is 0 Å². The van der Waals surface area contributed by atoms with Gasteiger partial charge in [-0.15, -0.1) is 0 Å². The van der Waals surface area contributed by atoms with E-state index in [1.165, 1.54) is 18.9 Å². The van der Waals surface area contributed by atoms with Crippen molar-refractivity contribution in [2.45, 2.75) is 25.8 Å². The minimum absolute atomic E-state index is 0.120. The molecule has 3 heteroatoms. The molecule has 0 atom stereocenters. The average molecular weight is 179 g/mol. The summed E-state index contributed by atoms with van der Waals surface area (Å²) >= 11 is 0. The highest BCUT2D eigenvalue weighted by atomic mass is 16.3. The third-order valence-corrected chi connectivity index (χ3v) is 2.25. The van der Waals surface area contributed by atoms with Crippen molar-refractivity contribution in [1.29, 1.82) is 0 Å². The monoisotopic (exact) mass is 179 g/mol. The first-order valence-electron chi connectivity index (χ1n) is 4.46. The first kappa shape index (κ1) is 8.23. The number of phenolic OH excluding ortho intramolecular Hbond substituents is 2. The second-order valence-electron chi connectivity index (χ2n) is 3.57. The van der Waals surface area contributed by atoms with Crippen LogP contribution in [0, 0.1) is 6.92 Å². The minimum atomic E-state index is 0.120. The van der Waals surface area contributed by atoms with Crippen molar-refractivity contribution in [3.05, 3.63) is 17.7 Å². The molecule has 3 N–H and O–H groups in total. The first-order valence-corrected chi connectivity index (χ1v) is 4.46. The van der Waals surface area contributed by atoms with Crippen LogP contribution in [0.15, 0.2) is 12.1 Å². The highest BCUT2D eigenvalue weighted by Gasteiger charge is 2.22. The molecule has 0 amide bonds. The van der Waals surface area contributed by atoms with Gasteiger partial charge in [-0.2, -0.15) is 0 Å². The van der Waals surface area contributed by atoms with Crippen LogP contribution in [-0.2, 0) is 0 Å². The van der Waals surface area contributed by atoms with Crippen molar-refractivity contribution in [1.82, 2.24) is 0 Å². The van der Waals surface area contributed by atoms with Gasteiger partial charge in [0.15, 0.2) is 0 Å². The molecule has 1 aromatic carbocycles. The van der Waals surface area contributed by atoms with Crippen molar-refractivity contribution >= 4 is 5.69 Å². The Balaban J connectivity index is 2.27. The number of aryl methyl sites for hydroxylation is 1. The number of hydrogen-bond acceptors (Lipinski definition) is 3. The summed E-state index contributed by atoms with van der Waals surface area (Å²) in [6.45, 7) is 1.81. The standard InChI is InChI=1S/C10H13NO2/c1-6-4-8(11-7-2-3-7)10(13)5-9(6)12/h4-5,7,11-13H,2-3H2,1H3. The van der Waals surface area contributed by atoms with Crippen LogP contribution in [0.25, 0.3) is 0 Å². The van der Waals surface area contributed by atoms with Crippen molar-refractivity contribution in [2.24, 2.45) is 0 Å². The topological polar surface area (TPSA) is 52.5 Å². The molecule has 13 heavy (non-hydrogen) atoms. The maximum atomic E-state index is 9.47. The minimum Gasteiger partial charge on any atom is -0.508 e. The molecule has 1 aromatic rings. The van der Waals surface area contributed by atoms with Gasteiger partial charge in [0.1, 0.15) is 11.5 Å². The van der Waals surface area contributed by atoms with Crippen LogP contribution >= 0.6 is 0 Å². The van der Waals surface area contributed by atoms with Gasteiger partial charge < -0.3 is 15.5 Å². The number of aromatic hydroxyl groups is 2. The summed E-state index contributed by atoms with van der Waals surface area (Å²) in [5.74, 6) is 0.258. The quantitative estimate of drug-likeness (QED) is 0.480. The van der Waals surface area contributed by atoms with Gasteiger partial charge in [0.05, 0.1) is 5.69 Å². The summed E-state index contributed by atoms with van der Waals surface area (Å²) in [5.41, 5.74) is 1.50. The van der Waals surface area contributed by atoms with Crippen molar-refractivity contribution in [2.75, 3.05) is 5.32 Å². The molecular formula is C10H13NO2.